The molecule has 0 bridgehead atoms. The molecule has 676 valence electrons. The number of nitrogens with zero attached hydrogens (tertiary/aromatic N) is 6. The van der Waals surface area contributed by atoms with Crippen molar-refractivity contribution in [3.05, 3.63) is 498 Å². The highest BCUT2D eigenvalue weighted by molar-refractivity contribution is 6.23. The molecule has 0 amide bonds. The molecule has 26 aromatic rings. The fourth-order valence-corrected chi connectivity index (χ4v) is 26.6. The molecule has 0 saturated carbocycles. The molecule has 7 nitrogen and oxygen atoms in total. The number of rotatable bonds is 11. The molecule has 31 rings (SSSR count). The lowest BCUT2D eigenvalue weighted by atomic mass is 9.82. The van der Waals surface area contributed by atoms with Gasteiger partial charge in [0.2, 0.25) is 0 Å². The topological polar surface area (TPSA) is 49.0 Å². The molecule has 1 unspecified atom stereocenters. The van der Waals surface area contributed by atoms with Crippen LogP contribution in [0.2, 0.25) is 0 Å². The van der Waals surface area contributed by atoms with Crippen molar-refractivity contribution in [1.82, 2.24) is 28.2 Å². The van der Waals surface area contributed by atoms with Gasteiger partial charge < -0.3 is 28.2 Å². The first-order valence-corrected chi connectivity index (χ1v) is 50.6. The molecule has 1 atom stereocenters. The second-order valence-electron chi connectivity index (χ2n) is 42.0. The average Bonchev–Trinajstić information content (AvgIpc) is 1.56. The number of hydrogen-bond donors (Lipinski definition) is 1. The Hall–Kier alpha value is -17.9. The van der Waals surface area contributed by atoms with Crippen molar-refractivity contribution in [3.8, 4) is 106 Å². The van der Waals surface area contributed by atoms with Crippen LogP contribution >= 0.6 is 0 Å². The highest BCUT2D eigenvalue weighted by atomic mass is 15.1. The molecular weight excluding hydrogens is 1740 g/mol. The summed E-state index contributed by atoms with van der Waals surface area (Å²) in [4.78, 5) is 5.90. The lowest BCUT2D eigenvalue weighted by Gasteiger charge is -2.28. The lowest BCUT2D eigenvalue weighted by molar-refractivity contribution is 0.660. The Bertz CT molecular complexity index is 10000. The first kappa shape index (κ1) is 81.0. The van der Waals surface area contributed by atoms with Crippen LogP contribution in [-0.4, -0.2) is 28.7 Å². The Morgan fingerprint density at radius 2 is 0.479 bits per heavy atom. The SMILES string of the molecule is CC1(C)c2ccccc2-c2ccc(-n3c4ccccc4c4cc(-c5ccc6c(c5)c5ccccc5n6-c5cccc(-c6ccc7c8c(cccc68)C6=C7C(c7ccccc7)NC(c7cccc(-n8c9ccc(-c%10ccc%11c(c%10)c%10ccccc%10n%11-c%10ccc%11c(c%10)C(C)(C)c%10ccccc%10-%11)cc9c9cc(-c%10ccc%11c(c%10)c%10ccccc%10n%11-c%10ccc%11c(c%10)C(C)(C)c%10ccccc%10-%11)ccc98)c7)=N6)c5)ccc43)cc21. The zero-order valence-electron chi connectivity index (χ0n) is 80.4. The van der Waals surface area contributed by atoms with Crippen LogP contribution in [0.4, 0.5) is 0 Å². The molecule has 1 aliphatic heterocycles. The van der Waals surface area contributed by atoms with E-state index in [0.29, 0.717) is 0 Å². The standard InChI is InChI=1S/C137H93N7/c1-135(2)114-42-17-10-33-95(114)98-58-55-91(77-117(98)135)142-121-46-21-14-37-102(121)109-72-82(50-64-125(109)142)81-49-63-124-108(71-81)101-36-13-20-45-120(101)140(124)89-31-24-29-87(69-89)94-61-62-106-130-105(94)40-26-41-107(130)133-131(106)132(80-27-8-7-9-28-80)138-134(139-133)88-30-25-32-90(70-88)141-128-67-53-85(83-51-65-126-110(73-83)103-38-15-22-47-122(103)143(126)92-56-59-99-96-34-11-18-43-115(96)136(3,4)118(99)78-92)75-112(128)113-76-86(54-68-129(113)141)84-52-66-127-111(74-84)104-39-16-23-48-123(104)144(127)93-57-60-100-97-35-12-19-44-116(97)137(5,6)119(100)79-93/h7-79,132H,1-6H3,(H,138,139). The van der Waals surface area contributed by atoms with E-state index in [1.54, 1.807) is 0 Å². The van der Waals surface area contributed by atoms with E-state index in [-0.39, 0.29) is 22.3 Å². The zero-order valence-corrected chi connectivity index (χ0v) is 80.4. The Kier molecular flexibility index (Phi) is 16.6. The maximum atomic E-state index is 5.90. The van der Waals surface area contributed by atoms with Gasteiger partial charge in [-0.05, 0) is 291 Å². The van der Waals surface area contributed by atoms with Crippen molar-refractivity contribution in [2.75, 3.05) is 0 Å². The molecular formula is C137H93N7. The van der Waals surface area contributed by atoms with E-state index in [0.717, 1.165) is 83.9 Å². The first-order chi connectivity index (χ1) is 70.7. The van der Waals surface area contributed by atoms with Gasteiger partial charge in [0.25, 0.3) is 0 Å². The Balaban J connectivity index is 0.511. The Labute approximate surface area is 832 Å². The van der Waals surface area contributed by atoms with Gasteiger partial charge in [0.1, 0.15) is 5.84 Å². The zero-order chi connectivity index (χ0) is 95.2. The van der Waals surface area contributed by atoms with E-state index in [1.807, 2.05) is 0 Å². The second kappa shape index (κ2) is 29.6. The van der Waals surface area contributed by atoms with Crippen molar-refractivity contribution in [2.45, 2.75) is 63.8 Å². The number of aromatic nitrogens is 5. The summed E-state index contributed by atoms with van der Waals surface area (Å²) in [7, 11) is 0. The number of benzene rings is 21. The molecule has 0 saturated heterocycles. The fraction of sp³-hybridized carbons (Fsp3) is 0.0730. The molecule has 5 aromatic heterocycles. The van der Waals surface area contributed by atoms with E-state index < -0.39 is 0 Å². The number of hydrogen-bond acceptors (Lipinski definition) is 2. The molecule has 0 fully saturated rings. The predicted octanol–water partition coefficient (Wildman–Crippen LogP) is 34.9. The molecule has 4 aliphatic carbocycles. The van der Waals surface area contributed by atoms with Gasteiger partial charge in [-0.1, -0.05) is 327 Å². The molecule has 0 radical (unpaired) electrons. The first-order valence-electron chi connectivity index (χ1n) is 50.6. The van der Waals surface area contributed by atoms with Crippen LogP contribution in [0.1, 0.15) is 103 Å². The van der Waals surface area contributed by atoms with Crippen LogP contribution in [0.25, 0.3) is 237 Å². The van der Waals surface area contributed by atoms with Crippen LogP contribution < -0.4 is 5.32 Å². The average molecular weight is 1840 g/mol. The fourth-order valence-electron chi connectivity index (χ4n) is 26.6. The van der Waals surface area contributed by atoms with Crippen LogP contribution in [0.3, 0.4) is 0 Å². The number of aliphatic imine (C=N–C) groups is 1. The third-order valence-electron chi connectivity index (χ3n) is 33.5. The third-order valence-corrected chi connectivity index (χ3v) is 33.5. The highest BCUT2D eigenvalue weighted by Crippen LogP contribution is 2.57. The number of fused-ring (bicyclic) bond motifs is 26. The van der Waals surface area contributed by atoms with E-state index in [1.165, 1.54) is 215 Å². The summed E-state index contributed by atoms with van der Waals surface area (Å²) in [5.41, 5.74) is 49.2. The summed E-state index contributed by atoms with van der Waals surface area (Å²) in [6.45, 7) is 14.2. The number of nitrogens with one attached hydrogen (secondary N) is 1. The lowest BCUT2D eigenvalue weighted by Crippen LogP contribution is -2.33. The van der Waals surface area contributed by atoms with Gasteiger partial charge in [-0.2, -0.15) is 0 Å². The van der Waals surface area contributed by atoms with Gasteiger partial charge in [-0.3, -0.25) is 0 Å². The molecule has 144 heavy (non-hydrogen) atoms. The minimum absolute atomic E-state index is 0.110. The summed E-state index contributed by atoms with van der Waals surface area (Å²) in [5, 5.41) is 18.7. The summed E-state index contributed by atoms with van der Waals surface area (Å²) in [5.74, 6) is 0.822. The van der Waals surface area contributed by atoms with Crippen LogP contribution in [-0.2, 0) is 16.2 Å². The van der Waals surface area contributed by atoms with Crippen molar-refractivity contribution < 1.29 is 0 Å². The largest absolute Gasteiger partial charge is 0.359 e. The predicted molar refractivity (Wildman–Crippen MR) is 602 cm³/mol. The second-order valence-corrected chi connectivity index (χ2v) is 42.0. The van der Waals surface area contributed by atoms with Crippen LogP contribution in [0, 0.1) is 0 Å². The Morgan fingerprint density at radius 1 is 0.194 bits per heavy atom. The van der Waals surface area contributed by atoms with Crippen LogP contribution in [0.15, 0.2) is 448 Å². The maximum absolute atomic E-state index is 5.90. The summed E-state index contributed by atoms with van der Waals surface area (Å²) in [6, 6.07) is 167. The quantitative estimate of drug-likeness (QED) is 0.138. The van der Waals surface area contributed by atoms with E-state index in [9.17, 15) is 0 Å². The number of amidine groups is 1. The summed E-state index contributed by atoms with van der Waals surface area (Å²) in [6.07, 6.45) is 0. The van der Waals surface area contributed by atoms with Crippen molar-refractivity contribution in [1.29, 1.82) is 0 Å². The third kappa shape index (κ3) is 11.3. The molecule has 5 aliphatic rings. The summed E-state index contributed by atoms with van der Waals surface area (Å²) >= 11 is 0. The van der Waals surface area contributed by atoms with Gasteiger partial charge in [-0.15, -0.1) is 0 Å². The van der Waals surface area contributed by atoms with Crippen molar-refractivity contribution in [2.24, 2.45) is 4.99 Å². The highest BCUT2D eigenvalue weighted by Gasteiger charge is 2.41. The molecule has 0 spiro atoms. The number of para-hydroxylation sites is 4. The minimum atomic E-state index is -0.220. The van der Waals surface area contributed by atoms with Crippen LogP contribution in [0.5, 0.6) is 0 Å². The Morgan fingerprint density at radius 3 is 0.868 bits per heavy atom. The van der Waals surface area contributed by atoms with Crippen molar-refractivity contribution >= 4 is 137 Å². The molecule has 1 N–H and O–H groups in total. The van der Waals surface area contributed by atoms with Crippen molar-refractivity contribution in [3.63, 3.8) is 0 Å². The van der Waals surface area contributed by atoms with E-state index in [2.05, 4.69) is 513 Å². The molecule has 7 heteroatoms. The van der Waals surface area contributed by atoms with Gasteiger partial charge in [-0.25, -0.2) is 4.99 Å². The normalized spacial score (nSPS) is 14.9. The van der Waals surface area contributed by atoms with Gasteiger partial charge in [0, 0.05) is 115 Å². The van der Waals surface area contributed by atoms with Gasteiger partial charge >= 0.3 is 0 Å². The summed E-state index contributed by atoms with van der Waals surface area (Å²) < 4.78 is 12.4. The van der Waals surface area contributed by atoms with Gasteiger partial charge in [0.15, 0.2) is 0 Å². The minimum Gasteiger partial charge on any atom is -0.359 e. The molecule has 6 heterocycles. The van der Waals surface area contributed by atoms with E-state index in [4.69, 9.17) is 4.99 Å². The van der Waals surface area contributed by atoms with Gasteiger partial charge in [0.05, 0.1) is 66.9 Å². The maximum Gasteiger partial charge on any atom is 0.134 e. The smallest absolute Gasteiger partial charge is 0.134 e. The monoisotopic (exact) mass is 1840 g/mol. The molecule has 21 aromatic carbocycles. The van der Waals surface area contributed by atoms with E-state index >= 15 is 0 Å².